The van der Waals surface area contributed by atoms with Gasteiger partial charge in [0, 0.05) is 36.8 Å². The molecule has 0 bridgehead atoms. The van der Waals surface area contributed by atoms with E-state index in [0.717, 1.165) is 38.0 Å². The molecule has 0 aromatic heterocycles. The number of rotatable bonds is 5. The van der Waals surface area contributed by atoms with E-state index in [1.54, 1.807) is 4.90 Å². The quantitative estimate of drug-likeness (QED) is 0.857. The van der Waals surface area contributed by atoms with Crippen molar-refractivity contribution in [3.05, 3.63) is 24.3 Å². The molecule has 2 aliphatic rings. The molecule has 2 N–H and O–H groups in total. The molecule has 130 valence electrons. The number of amides is 2. The number of nitrogens with one attached hydrogen (secondary N) is 2. The summed E-state index contributed by atoms with van der Waals surface area (Å²) in [5.41, 5.74) is 0.836. The Hall–Kier alpha value is -2.08. The lowest BCUT2D eigenvalue weighted by atomic mass is 10.0. The van der Waals surface area contributed by atoms with E-state index >= 15 is 0 Å². The van der Waals surface area contributed by atoms with E-state index in [1.807, 2.05) is 24.3 Å². The van der Waals surface area contributed by atoms with E-state index in [2.05, 4.69) is 17.6 Å². The Morgan fingerprint density at radius 1 is 1.46 bits per heavy atom. The first kappa shape index (κ1) is 16.8. The minimum atomic E-state index is -0.100. The predicted octanol–water partition coefficient (Wildman–Crippen LogP) is 1.45. The molecule has 2 aliphatic heterocycles. The van der Waals surface area contributed by atoms with E-state index in [-0.39, 0.29) is 24.5 Å². The zero-order valence-corrected chi connectivity index (χ0v) is 14.1. The van der Waals surface area contributed by atoms with Crippen molar-refractivity contribution in [1.29, 1.82) is 0 Å². The first-order chi connectivity index (χ1) is 11.6. The Labute approximate surface area is 142 Å². The highest BCUT2D eigenvalue weighted by molar-refractivity contribution is 5.95. The van der Waals surface area contributed by atoms with E-state index in [9.17, 15) is 9.59 Å². The van der Waals surface area contributed by atoms with Crippen molar-refractivity contribution >= 4 is 17.5 Å². The van der Waals surface area contributed by atoms with Gasteiger partial charge in [0.2, 0.25) is 5.91 Å². The van der Waals surface area contributed by atoms with Crippen LogP contribution in [0.4, 0.5) is 5.69 Å². The standard InChI is InChI=1S/C18H25N3O3/c1-13-10-14(7-8-19-13)20-17(22)12-24-16-5-2-4-15(11-16)21-9-3-6-18(21)23/h2,4-5,11,13-14,19H,3,6-10,12H2,1H3,(H,20,22). The molecule has 6 nitrogen and oxygen atoms in total. The number of hydrogen-bond donors (Lipinski definition) is 2. The van der Waals surface area contributed by atoms with Crippen LogP contribution in [0.5, 0.6) is 5.75 Å². The van der Waals surface area contributed by atoms with Crippen molar-refractivity contribution in [2.24, 2.45) is 0 Å². The maximum atomic E-state index is 12.1. The van der Waals surface area contributed by atoms with Crippen molar-refractivity contribution in [2.45, 2.75) is 44.7 Å². The monoisotopic (exact) mass is 331 g/mol. The summed E-state index contributed by atoms with van der Waals surface area (Å²) in [6.45, 7) is 3.80. The van der Waals surface area contributed by atoms with Gasteiger partial charge in [-0.1, -0.05) is 6.07 Å². The summed E-state index contributed by atoms with van der Waals surface area (Å²) < 4.78 is 5.61. The van der Waals surface area contributed by atoms with Crippen LogP contribution < -0.4 is 20.3 Å². The van der Waals surface area contributed by atoms with E-state index in [4.69, 9.17) is 4.74 Å². The summed E-state index contributed by atoms with van der Waals surface area (Å²) in [5.74, 6) is 0.655. The lowest BCUT2D eigenvalue weighted by molar-refractivity contribution is -0.124. The predicted molar refractivity (Wildman–Crippen MR) is 92.2 cm³/mol. The Balaban J connectivity index is 1.51. The third-order valence-corrected chi connectivity index (χ3v) is 4.56. The van der Waals surface area contributed by atoms with Crippen LogP contribution in [-0.2, 0) is 9.59 Å². The topological polar surface area (TPSA) is 70.7 Å². The normalized spacial score (nSPS) is 24.0. The fourth-order valence-corrected chi connectivity index (χ4v) is 3.34. The lowest BCUT2D eigenvalue weighted by Gasteiger charge is -2.28. The average molecular weight is 331 g/mol. The van der Waals surface area contributed by atoms with Crippen molar-refractivity contribution in [2.75, 3.05) is 24.6 Å². The van der Waals surface area contributed by atoms with Gasteiger partial charge in [-0.25, -0.2) is 0 Å². The number of ether oxygens (including phenoxy) is 1. The van der Waals surface area contributed by atoms with E-state index in [0.29, 0.717) is 18.2 Å². The number of nitrogens with zero attached hydrogens (tertiary/aromatic N) is 1. The molecule has 2 fully saturated rings. The SMILES string of the molecule is CC1CC(NC(=O)COc2cccc(N3CCCC3=O)c2)CCN1. The second-order valence-electron chi connectivity index (χ2n) is 6.58. The summed E-state index contributed by atoms with van der Waals surface area (Å²) in [7, 11) is 0. The molecule has 2 amide bonds. The maximum absolute atomic E-state index is 12.1. The number of benzene rings is 1. The summed E-state index contributed by atoms with van der Waals surface area (Å²) in [6, 6.07) is 8.02. The van der Waals surface area contributed by atoms with Gasteiger partial charge in [0.1, 0.15) is 5.75 Å². The number of piperidine rings is 1. The second-order valence-corrected chi connectivity index (χ2v) is 6.58. The third-order valence-electron chi connectivity index (χ3n) is 4.56. The fourth-order valence-electron chi connectivity index (χ4n) is 3.34. The van der Waals surface area contributed by atoms with E-state index in [1.165, 1.54) is 0 Å². The number of hydrogen-bond acceptors (Lipinski definition) is 4. The fraction of sp³-hybridized carbons (Fsp3) is 0.556. The van der Waals surface area contributed by atoms with Crippen LogP contribution in [0.3, 0.4) is 0 Å². The van der Waals surface area contributed by atoms with Crippen LogP contribution in [0.15, 0.2) is 24.3 Å². The summed E-state index contributed by atoms with van der Waals surface area (Å²) >= 11 is 0. The van der Waals surface area contributed by atoms with Crippen molar-refractivity contribution in [3.63, 3.8) is 0 Å². The number of carbonyl (C=O) groups is 2. The van der Waals surface area contributed by atoms with Crippen LogP contribution in [0.25, 0.3) is 0 Å². The van der Waals surface area contributed by atoms with Gasteiger partial charge in [-0.15, -0.1) is 0 Å². The van der Waals surface area contributed by atoms with Crippen LogP contribution in [0.1, 0.15) is 32.6 Å². The van der Waals surface area contributed by atoms with Gasteiger partial charge in [-0.05, 0) is 44.9 Å². The zero-order valence-electron chi connectivity index (χ0n) is 14.1. The molecule has 1 aromatic rings. The molecule has 1 aromatic carbocycles. The number of anilines is 1. The Morgan fingerprint density at radius 2 is 2.33 bits per heavy atom. The summed E-state index contributed by atoms with van der Waals surface area (Å²) in [4.78, 5) is 25.6. The van der Waals surface area contributed by atoms with Gasteiger partial charge in [0.05, 0.1) is 0 Å². The van der Waals surface area contributed by atoms with Crippen LogP contribution in [0, 0.1) is 0 Å². The molecule has 0 aliphatic carbocycles. The van der Waals surface area contributed by atoms with Gasteiger partial charge in [-0.2, -0.15) is 0 Å². The van der Waals surface area contributed by atoms with Gasteiger partial charge in [0.15, 0.2) is 6.61 Å². The minimum Gasteiger partial charge on any atom is -0.484 e. The lowest BCUT2D eigenvalue weighted by Crippen LogP contribution is -2.47. The second kappa shape index (κ2) is 7.66. The Kier molecular flexibility index (Phi) is 5.35. The van der Waals surface area contributed by atoms with Crippen molar-refractivity contribution in [3.8, 4) is 5.75 Å². The smallest absolute Gasteiger partial charge is 0.258 e. The maximum Gasteiger partial charge on any atom is 0.258 e. The van der Waals surface area contributed by atoms with Gasteiger partial charge < -0.3 is 20.3 Å². The molecule has 0 radical (unpaired) electrons. The molecule has 0 saturated carbocycles. The van der Waals surface area contributed by atoms with Crippen molar-refractivity contribution in [1.82, 2.24) is 10.6 Å². The molecule has 3 rings (SSSR count). The molecule has 24 heavy (non-hydrogen) atoms. The van der Waals surface area contributed by atoms with Crippen LogP contribution in [0.2, 0.25) is 0 Å². The first-order valence-corrected chi connectivity index (χ1v) is 8.68. The van der Waals surface area contributed by atoms with Crippen molar-refractivity contribution < 1.29 is 14.3 Å². The van der Waals surface area contributed by atoms with E-state index < -0.39 is 0 Å². The largest absolute Gasteiger partial charge is 0.484 e. The zero-order chi connectivity index (χ0) is 16.9. The molecule has 2 atom stereocenters. The molecule has 6 heteroatoms. The summed E-state index contributed by atoms with van der Waals surface area (Å²) in [6.07, 6.45) is 3.38. The molecule has 0 spiro atoms. The Morgan fingerprint density at radius 3 is 3.08 bits per heavy atom. The average Bonchev–Trinajstić information content (AvgIpc) is 2.99. The van der Waals surface area contributed by atoms with Gasteiger partial charge in [-0.3, -0.25) is 9.59 Å². The highest BCUT2D eigenvalue weighted by Gasteiger charge is 2.22. The number of carbonyl (C=O) groups excluding carboxylic acids is 2. The highest BCUT2D eigenvalue weighted by atomic mass is 16.5. The van der Waals surface area contributed by atoms with Crippen LogP contribution in [-0.4, -0.2) is 43.6 Å². The molecular formula is C18H25N3O3. The van der Waals surface area contributed by atoms with Gasteiger partial charge >= 0.3 is 0 Å². The molecule has 2 unspecified atom stereocenters. The molecule has 2 saturated heterocycles. The Bertz CT molecular complexity index is 605. The van der Waals surface area contributed by atoms with Gasteiger partial charge in [0.25, 0.3) is 5.91 Å². The van der Waals surface area contributed by atoms with Crippen LogP contribution >= 0.6 is 0 Å². The molecule has 2 heterocycles. The third kappa shape index (κ3) is 4.26. The minimum absolute atomic E-state index is 0.00426. The summed E-state index contributed by atoms with van der Waals surface area (Å²) in [5, 5.41) is 6.39. The highest BCUT2D eigenvalue weighted by Crippen LogP contribution is 2.25. The molecular weight excluding hydrogens is 306 g/mol. The first-order valence-electron chi connectivity index (χ1n) is 8.68.